The SMILES string of the molecule is CCOc1ccc(NC(=O)c2ccc(NC(=O)[C@@H](Cc3ccccc3)NC(=O)c3ccco3)cc2)cc1. The lowest BCUT2D eigenvalue weighted by molar-refractivity contribution is -0.118. The number of amides is 3. The van der Waals surface area contributed by atoms with E-state index < -0.39 is 17.9 Å². The van der Waals surface area contributed by atoms with E-state index in [2.05, 4.69) is 16.0 Å². The molecule has 0 aliphatic rings. The standard InChI is InChI=1S/C29H27N3O5/c1-2-36-24-16-14-23(15-17-24)30-27(33)21-10-12-22(13-11-21)31-28(34)25(19-20-7-4-3-5-8-20)32-29(35)26-9-6-18-37-26/h3-18,25H,2,19H2,1H3,(H,30,33)(H,31,34)(H,32,35)/t25-/m1/s1. The Kier molecular flexibility index (Phi) is 8.33. The second kappa shape index (κ2) is 12.2. The molecule has 188 valence electrons. The highest BCUT2D eigenvalue weighted by Crippen LogP contribution is 2.18. The third-order valence-electron chi connectivity index (χ3n) is 5.49. The maximum atomic E-state index is 13.1. The topological polar surface area (TPSA) is 110 Å². The van der Waals surface area contributed by atoms with Crippen LogP contribution in [0.4, 0.5) is 11.4 Å². The lowest BCUT2D eigenvalue weighted by Gasteiger charge is -2.18. The Morgan fingerprint density at radius 3 is 2.11 bits per heavy atom. The van der Waals surface area contributed by atoms with Crippen molar-refractivity contribution in [2.45, 2.75) is 19.4 Å². The Hall–Kier alpha value is -4.85. The molecule has 4 rings (SSSR count). The molecule has 1 atom stereocenters. The molecule has 0 spiro atoms. The van der Waals surface area contributed by atoms with Gasteiger partial charge in [-0.15, -0.1) is 0 Å². The van der Waals surface area contributed by atoms with Gasteiger partial charge in [-0.1, -0.05) is 30.3 Å². The van der Waals surface area contributed by atoms with Crippen molar-refractivity contribution in [2.75, 3.05) is 17.2 Å². The zero-order chi connectivity index (χ0) is 26.0. The largest absolute Gasteiger partial charge is 0.494 e. The van der Waals surface area contributed by atoms with Gasteiger partial charge in [0.05, 0.1) is 12.9 Å². The predicted molar refractivity (Wildman–Crippen MR) is 141 cm³/mol. The van der Waals surface area contributed by atoms with Crippen LogP contribution in [0.1, 0.15) is 33.4 Å². The summed E-state index contributed by atoms with van der Waals surface area (Å²) in [4.78, 5) is 38.3. The third kappa shape index (κ3) is 7.08. The number of hydrogen-bond donors (Lipinski definition) is 3. The first-order valence-corrected chi connectivity index (χ1v) is 11.9. The van der Waals surface area contributed by atoms with Gasteiger partial charge in [0, 0.05) is 23.4 Å². The number of ether oxygens (including phenoxy) is 1. The van der Waals surface area contributed by atoms with E-state index in [-0.39, 0.29) is 11.7 Å². The van der Waals surface area contributed by atoms with Crippen LogP contribution in [0.5, 0.6) is 5.75 Å². The molecule has 0 bridgehead atoms. The number of hydrogen-bond acceptors (Lipinski definition) is 5. The van der Waals surface area contributed by atoms with Crippen molar-refractivity contribution < 1.29 is 23.5 Å². The van der Waals surface area contributed by atoms with Gasteiger partial charge in [-0.05, 0) is 73.2 Å². The van der Waals surface area contributed by atoms with Crippen molar-refractivity contribution in [2.24, 2.45) is 0 Å². The number of nitrogens with one attached hydrogen (secondary N) is 3. The Labute approximate surface area is 214 Å². The van der Waals surface area contributed by atoms with Crippen molar-refractivity contribution in [3.63, 3.8) is 0 Å². The summed E-state index contributed by atoms with van der Waals surface area (Å²) in [6.07, 6.45) is 1.69. The quantitative estimate of drug-likeness (QED) is 0.288. The van der Waals surface area contributed by atoms with E-state index in [1.165, 1.54) is 12.3 Å². The summed E-state index contributed by atoms with van der Waals surface area (Å²) in [7, 11) is 0. The van der Waals surface area contributed by atoms with E-state index >= 15 is 0 Å². The molecular formula is C29H27N3O5. The van der Waals surface area contributed by atoms with Gasteiger partial charge < -0.3 is 25.1 Å². The fourth-order valence-corrected chi connectivity index (χ4v) is 3.63. The van der Waals surface area contributed by atoms with Crippen molar-refractivity contribution >= 4 is 29.1 Å². The van der Waals surface area contributed by atoms with E-state index in [4.69, 9.17) is 9.15 Å². The summed E-state index contributed by atoms with van der Waals surface area (Å²) in [5, 5.41) is 8.39. The number of benzene rings is 3. The minimum atomic E-state index is -0.845. The lowest BCUT2D eigenvalue weighted by Crippen LogP contribution is -2.45. The summed E-state index contributed by atoms with van der Waals surface area (Å²) in [6, 6.07) is 25.3. The number of rotatable bonds is 10. The monoisotopic (exact) mass is 497 g/mol. The average molecular weight is 498 g/mol. The summed E-state index contributed by atoms with van der Waals surface area (Å²) in [6.45, 7) is 2.47. The number of carbonyl (C=O) groups excluding carboxylic acids is 3. The van der Waals surface area contributed by atoms with Crippen molar-refractivity contribution in [3.8, 4) is 5.75 Å². The van der Waals surface area contributed by atoms with Gasteiger partial charge in [-0.25, -0.2) is 0 Å². The molecule has 8 nitrogen and oxygen atoms in total. The highest BCUT2D eigenvalue weighted by molar-refractivity contribution is 6.05. The summed E-state index contributed by atoms with van der Waals surface area (Å²) >= 11 is 0. The molecule has 3 N–H and O–H groups in total. The molecule has 0 radical (unpaired) electrons. The van der Waals surface area contributed by atoms with E-state index in [1.807, 2.05) is 37.3 Å². The third-order valence-corrected chi connectivity index (χ3v) is 5.49. The molecule has 0 aliphatic heterocycles. The minimum Gasteiger partial charge on any atom is -0.494 e. The van der Waals surface area contributed by atoms with Crippen molar-refractivity contribution in [3.05, 3.63) is 114 Å². The van der Waals surface area contributed by atoms with E-state index in [0.717, 1.165) is 11.3 Å². The fraction of sp³-hybridized carbons (Fsp3) is 0.138. The molecule has 3 aromatic carbocycles. The van der Waals surface area contributed by atoms with Crippen LogP contribution in [0.15, 0.2) is 102 Å². The molecule has 37 heavy (non-hydrogen) atoms. The Balaban J connectivity index is 1.40. The van der Waals surface area contributed by atoms with Gasteiger partial charge in [-0.2, -0.15) is 0 Å². The highest BCUT2D eigenvalue weighted by atomic mass is 16.5. The van der Waals surface area contributed by atoms with E-state index in [1.54, 1.807) is 54.6 Å². The molecule has 0 saturated heterocycles. The maximum Gasteiger partial charge on any atom is 0.287 e. The van der Waals surface area contributed by atoms with E-state index in [9.17, 15) is 14.4 Å². The molecule has 0 aliphatic carbocycles. The molecule has 3 amide bonds. The van der Waals surface area contributed by atoms with Crippen LogP contribution in [0.2, 0.25) is 0 Å². The van der Waals surface area contributed by atoms with Crippen LogP contribution < -0.4 is 20.7 Å². The van der Waals surface area contributed by atoms with Crippen LogP contribution in [0.25, 0.3) is 0 Å². The maximum absolute atomic E-state index is 13.1. The molecule has 0 fully saturated rings. The van der Waals surface area contributed by atoms with Crippen LogP contribution in [-0.2, 0) is 11.2 Å². The first-order valence-electron chi connectivity index (χ1n) is 11.9. The molecule has 1 heterocycles. The number of carbonyl (C=O) groups is 3. The predicted octanol–water partition coefficient (Wildman–Crippen LogP) is 4.91. The van der Waals surface area contributed by atoms with Crippen LogP contribution >= 0.6 is 0 Å². The van der Waals surface area contributed by atoms with Crippen LogP contribution in [0.3, 0.4) is 0 Å². The number of furan rings is 1. The number of anilines is 2. The second-order valence-corrected chi connectivity index (χ2v) is 8.17. The minimum absolute atomic E-state index is 0.119. The van der Waals surface area contributed by atoms with Gasteiger partial charge >= 0.3 is 0 Å². The Morgan fingerprint density at radius 1 is 0.784 bits per heavy atom. The smallest absolute Gasteiger partial charge is 0.287 e. The molecular weight excluding hydrogens is 470 g/mol. The molecule has 1 aromatic heterocycles. The van der Waals surface area contributed by atoms with Gasteiger partial charge in [-0.3, -0.25) is 14.4 Å². The fourth-order valence-electron chi connectivity index (χ4n) is 3.63. The molecule has 0 unspecified atom stereocenters. The summed E-state index contributed by atoms with van der Waals surface area (Å²) in [5.41, 5.74) is 2.46. The normalized spacial score (nSPS) is 11.3. The van der Waals surface area contributed by atoms with Gasteiger partial charge in [0.25, 0.3) is 11.8 Å². The van der Waals surface area contributed by atoms with Gasteiger partial charge in [0.1, 0.15) is 11.8 Å². The average Bonchev–Trinajstić information content (AvgIpc) is 3.46. The second-order valence-electron chi connectivity index (χ2n) is 8.17. The Bertz CT molecular complexity index is 1320. The first-order chi connectivity index (χ1) is 18.0. The van der Waals surface area contributed by atoms with E-state index in [0.29, 0.717) is 30.0 Å². The lowest BCUT2D eigenvalue weighted by atomic mass is 10.0. The van der Waals surface area contributed by atoms with Gasteiger partial charge in [0.15, 0.2) is 5.76 Å². The zero-order valence-electron chi connectivity index (χ0n) is 20.3. The molecule has 4 aromatic rings. The van der Waals surface area contributed by atoms with Crippen molar-refractivity contribution in [1.29, 1.82) is 0 Å². The van der Waals surface area contributed by atoms with Gasteiger partial charge in [0.2, 0.25) is 5.91 Å². The molecule has 0 saturated carbocycles. The van der Waals surface area contributed by atoms with Crippen LogP contribution in [-0.4, -0.2) is 30.4 Å². The first kappa shape index (κ1) is 25.2. The molecule has 8 heteroatoms. The van der Waals surface area contributed by atoms with Crippen molar-refractivity contribution in [1.82, 2.24) is 5.32 Å². The highest BCUT2D eigenvalue weighted by Gasteiger charge is 2.23. The van der Waals surface area contributed by atoms with Crippen LogP contribution in [0, 0.1) is 0 Å². The summed E-state index contributed by atoms with van der Waals surface area (Å²) in [5.74, 6) is -0.312. The Morgan fingerprint density at radius 2 is 1.46 bits per heavy atom. The summed E-state index contributed by atoms with van der Waals surface area (Å²) < 4.78 is 10.6. The zero-order valence-corrected chi connectivity index (χ0v) is 20.3.